The predicted molar refractivity (Wildman–Crippen MR) is 79.9 cm³/mol. The molecule has 0 bridgehead atoms. The number of aromatic carboxylic acids is 1. The number of hydrogen-bond donors (Lipinski definition) is 3. The van der Waals surface area contributed by atoms with Crippen LogP contribution in [0.2, 0.25) is 0 Å². The Kier molecular flexibility index (Phi) is 4.79. The van der Waals surface area contributed by atoms with Crippen LogP contribution in [0, 0.1) is 6.92 Å². The van der Waals surface area contributed by atoms with Gasteiger partial charge in [0.25, 0.3) is 0 Å². The summed E-state index contributed by atoms with van der Waals surface area (Å²) in [5, 5.41) is 22.3. The largest absolute Gasteiger partial charge is 0.478 e. The van der Waals surface area contributed by atoms with Crippen molar-refractivity contribution in [3.63, 3.8) is 0 Å². The third-order valence-corrected chi connectivity index (χ3v) is 3.28. The van der Waals surface area contributed by atoms with Gasteiger partial charge in [-0.3, -0.25) is 9.59 Å². The summed E-state index contributed by atoms with van der Waals surface area (Å²) in [4.78, 5) is 34.5. The molecule has 3 N–H and O–H groups in total. The molecule has 0 atom stereocenters. The van der Waals surface area contributed by atoms with Crippen LogP contribution in [-0.2, 0) is 9.59 Å². The summed E-state index contributed by atoms with van der Waals surface area (Å²) in [6, 6.07) is 5.95. The van der Waals surface area contributed by atoms with E-state index in [1.54, 1.807) is 19.1 Å². The number of aryl methyl sites for hydroxylation is 1. The van der Waals surface area contributed by atoms with Gasteiger partial charge in [0.1, 0.15) is 11.4 Å². The average Bonchev–Trinajstić information content (AvgIpc) is 2.83. The molecule has 8 nitrogen and oxygen atoms in total. The lowest BCUT2D eigenvalue weighted by Crippen LogP contribution is -2.22. The molecule has 2 amide bonds. The van der Waals surface area contributed by atoms with E-state index in [1.165, 1.54) is 23.5 Å². The third-order valence-electron chi connectivity index (χ3n) is 2.53. The van der Waals surface area contributed by atoms with Crippen LogP contribution < -0.4 is 10.6 Å². The van der Waals surface area contributed by atoms with E-state index in [-0.39, 0.29) is 11.3 Å². The Morgan fingerprint density at radius 1 is 1.14 bits per heavy atom. The van der Waals surface area contributed by atoms with Crippen LogP contribution in [0.25, 0.3) is 0 Å². The molecule has 0 fully saturated rings. The number of carboxylic acid groups (broad SMARTS) is 1. The minimum absolute atomic E-state index is 0.0454. The van der Waals surface area contributed by atoms with Gasteiger partial charge in [-0.05, 0) is 19.1 Å². The maximum absolute atomic E-state index is 11.8. The van der Waals surface area contributed by atoms with Crippen LogP contribution >= 0.6 is 11.3 Å². The van der Waals surface area contributed by atoms with E-state index in [9.17, 15) is 14.4 Å². The van der Waals surface area contributed by atoms with Gasteiger partial charge >= 0.3 is 5.97 Å². The number of carbonyl (C=O) groups is 3. The van der Waals surface area contributed by atoms with Gasteiger partial charge in [0.15, 0.2) is 0 Å². The molecular weight excluding hydrogens is 308 g/mol. The number of aromatic nitrogens is 2. The molecule has 0 saturated heterocycles. The summed E-state index contributed by atoms with van der Waals surface area (Å²) in [6.45, 7) is 1.74. The summed E-state index contributed by atoms with van der Waals surface area (Å²) in [6.07, 6.45) is -0.452. The van der Waals surface area contributed by atoms with Gasteiger partial charge in [-0.15, -0.1) is 10.2 Å². The van der Waals surface area contributed by atoms with Crippen LogP contribution in [-0.4, -0.2) is 33.1 Å². The van der Waals surface area contributed by atoms with Gasteiger partial charge in [-0.2, -0.15) is 0 Å². The van der Waals surface area contributed by atoms with Crippen molar-refractivity contribution in [3.05, 3.63) is 34.8 Å². The first-order chi connectivity index (χ1) is 10.5. The topological polar surface area (TPSA) is 121 Å². The number of nitrogens with zero attached hydrogens (tertiary/aromatic N) is 2. The molecule has 0 unspecified atom stereocenters. The maximum atomic E-state index is 11.8. The first-order valence-corrected chi connectivity index (χ1v) is 6.99. The van der Waals surface area contributed by atoms with Crippen molar-refractivity contribution >= 4 is 39.9 Å². The van der Waals surface area contributed by atoms with Crippen LogP contribution in [0.4, 0.5) is 10.8 Å². The van der Waals surface area contributed by atoms with E-state index in [0.29, 0.717) is 10.1 Å². The minimum Gasteiger partial charge on any atom is -0.478 e. The Morgan fingerprint density at radius 2 is 1.82 bits per heavy atom. The van der Waals surface area contributed by atoms with Crippen molar-refractivity contribution in [2.45, 2.75) is 13.3 Å². The Hall–Kier alpha value is -2.81. The molecule has 1 heterocycles. The quantitative estimate of drug-likeness (QED) is 0.718. The van der Waals surface area contributed by atoms with Crippen molar-refractivity contribution in [3.8, 4) is 0 Å². The van der Waals surface area contributed by atoms with Crippen molar-refractivity contribution in [2.24, 2.45) is 0 Å². The molecule has 0 radical (unpaired) electrons. The molecule has 0 spiro atoms. The molecule has 2 aromatic rings. The molecule has 1 aromatic carbocycles. The highest BCUT2D eigenvalue weighted by Gasteiger charge is 2.15. The molecule has 114 valence electrons. The fourth-order valence-electron chi connectivity index (χ4n) is 1.63. The zero-order valence-corrected chi connectivity index (χ0v) is 12.3. The van der Waals surface area contributed by atoms with Crippen LogP contribution in [0.3, 0.4) is 0 Å². The first-order valence-electron chi connectivity index (χ1n) is 6.18. The predicted octanol–water partition coefficient (Wildman–Crippen LogP) is 1.51. The molecular formula is C13H12N4O4S. The summed E-state index contributed by atoms with van der Waals surface area (Å²) >= 11 is 1.19. The smallest absolute Gasteiger partial charge is 0.337 e. The van der Waals surface area contributed by atoms with Gasteiger partial charge in [0, 0.05) is 0 Å². The number of anilines is 2. The number of amides is 2. The second-order valence-corrected chi connectivity index (χ2v) is 5.43. The van der Waals surface area contributed by atoms with E-state index in [1.807, 2.05) is 0 Å². The standard InChI is InChI=1S/C13H12N4O4S/c1-7-16-17-13(22-7)15-11(19)6-10(18)14-9-5-3-2-4-8(9)12(20)21/h2-5H,6H2,1H3,(H,14,18)(H,20,21)(H,15,17,19). The molecule has 22 heavy (non-hydrogen) atoms. The Bertz CT molecular complexity index is 728. The molecule has 0 aliphatic rings. The highest BCUT2D eigenvalue weighted by Crippen LogP contribution is 2.16. The number of para-hydroxylation sites is 1. The zero-order chi connectivity index (χ0) is 16.1. The number of hydrogen-bond acceptors (Lipinski definition) is 6. The van der Waals surface area contributed by atoms with Gasteiger partial charge in [0.05, 0.1) is 11.3 Å². The van der Waals surface area contributed by atoms with E-state index < -0.39 is 24.2 Å². The molecule has 1 aromatic heterocycles. The normalized spacial score (nSPS) is 10.0. The van der Waals surface area contributed by atoms with Crippen molar-refractivity contribution in [1.82, 2.24) is 10.2 Å². The fraction of sp³-hybridized carbons (Fsp3) is 0.154. The highest BCUT2D eigenvalue weighted by molar-refractivity contribution is 7.15. The second-order valence-electron chi connectivity index (χ2n) is 4.25. The van der Waals surface area contributed by atoms with Gasteiger partial charge in [0.2, 0.25) is 16.9 Å². The molecule has 2 rings (SSSR count). The zero-order valence-electron chi connectivity index (χ0n) is 11.5. The van der Waals surface area contributed by atoms with Crippen molar-refractivity contribution in [2.75, 3.05) is 10.6 Å². The summed E-state index contributed by atoms with van der Waals surface area (Å²) < 4.78 is 0. The SMILES string of the molecule is Cc1nnc(NC(=O)CC(=O)Nc2ccccc2C(=O)O)s1. The van der Waals surface area contributed by atoms with E-state index >= 15 is 0 Å². The lowest BCUT2D eigenvalue weighted by atomic mass is 10.2. The van der Waals surface area contributed by atoms with Gasteiger partial charge in [-0.25, -0.2) is 4.79 Å². The fourth-order valence-corrected chi connectivity index (χ4v) is 2.24. The average molecular weight is 320 g/mol. The number of carboxylic acids is 1. The van der Waals surface area contributed by atoms with Gasteiger partial charge in [-0.1, -0.05) is 23.5 Å². The van der Waals surface area contributed by atoms with Crippen molar-refractivity contribution in [1.29, 1.82) is 0 Å². The lowest BCUT2D eigenvalue weighted by molar-refractivity contribution is -0.123. The summed E-state index contributed by atoms with van der Waals surface area (Å²) in [5.74, 6) is -2.33. The first kappa shape index (κ1) is 15.6. The van der Waals surface area contributed by atoms with Crippen LogP contribution in [0.5, 0.6) is 0 Å². The molecule has 0 aliphatic carbocycles. The number of rotatable bonds is 5. The third kappa shape index (κ3) is 4.09. The molecule has 0 saturated carbocycles. The van der Waals surface area contributed by atoms with Crippen molar-refractivity contribution < 1.29 is 19.5 Å². The molecule has 9 heteroatoms. The van der Waals surface area contributed by atoms with Crippen LogP contribution in [0.1, 0.15) is 21.8 Å². The van der Waals surface area contributed by atoms with E-state index in [2.05, 4.69) is 20.8 Å². The Labute approximate surface area is 129 Å². The lowest BCUT2D eigenvalue weighted by Gasteiger charge is -2.07. The number of nitrogens with one attached hydrogen (secondary N) is 2. The maximum Gasteiger partial charge on any atom is 0.337 e. The Morgan fingerprint density at radius 3 is 2.45 bits per heavy atom. The minimum atomic E-state index is -1.16. The highest BCUT2D eigenvalue weighted by atomic mass is 32.1. The van der Waals surface area contributed by atoms with E-state index in [4.69, 9.17) is 5.11 Å². The monoisotopic (exact) mass is 320 g/mol. The Balaban J connectivity index is 1.95. The van der Waals surface area contributed by atoms with Crippen LogP contribution in [0.15, 0.2) is 24.3 Å². The second kappa shape index (κ2) is 6.76. The number of carbonyl (C=O) groups excluding carboxylic acids is 2. The summed E-state index contributed by atoms with van der Waals surface area (Å²) in [5.41, 5.74) is 0.0931. The summed E-state index contributed by atoms with van der Waals surface area (Å²) in [7, 11) is 0. The number of benzene rings is 1. The van der Waals surface area contributed by atoms with Gasteiger partial charge < -0.3 is 15.7 Å². The molecule has 0 aliphatic heterocycles. The van der Waals surface area contributed by atoms with E-state index in [0.717, 1.165) is 0 Å².